The summed E-state index contributed by atoms with van der Waals surface area (Å²) in [5.41, 5.74) is 24.1. The van der Waals surface area contributed by atoms with Gasteiger partial charge in [0.25, 0.3) is 13.4 Å². The summed E-state index contributed by atoms with van der Waals surface area (Å²) in [5, 5.41) is 4.91. The van der Waals surface area contributed by atoms with Crippen LogP contribution in [0.5, 0.6) is 23.0 Å². The first-order valence-electron chi connectivity index (χ1n) is 25.0. The van der Waals surface area contributed by atoms with E-state index >= 15 is 0 Å². The number of nitrogens with zero attached hydrogens (tertiary/aromatic N) is 2. The van der Waals surface area contributed by atoms with Crippen LogP contribution in [0.2, 0.25) is 0 Å². The molecule has 0 unspecified atom stereocenters. The smallest absolute Gasteiger partial charge is 0.256 e. The van der Waals surface area contributed by atoms with Gasteiger partial charge in [-0.25, -0.2) is 0 Å². The summed E-state index contributed by atoms with van der Waals surface area (Å²) in [6.07, 6.45) is 0. The van der Waals surface area contributed by atoms with Crippen molar-refractivity contribution in [3.63, 3.8) is 0 Å². The highest BCUT2D eigenvalue weighted by Crippen LogP contribution is 2.45. The molecule has 4 nitrogen and oxygen atoms in total. The van der Waals surface area contributed by atoms with Gasteiger partial charge in [0.2, 0.25) is 0 Å². The fourth-order valence-electron chi connectivity index (χ4n) is 13.1. The summed E-state index contributed by atoms with van der Waals surface area (Å²) < 4.78 is 19.1. The summed E-state index contributed by atoms with van der Waals surface area (Å²) in [6.45, 7) is -0.0821. The summed E-state index contributed by atoms with van der Waals surface area (Å²) >= 11 is 0. The van der Waals surface area contributed by atoms with Crippen molar-refractivity contribution >= 4 is 89.8 Å². The van der Waals surface area contributed by atoms with E-state index in [4.69, 9.17) is 9.47 Å². The van der Waals surface area contributed by atoms with Crippen LogP contribution in [0.3, 0.4) is 0 Å². The van der Waals surface area contributed by atoms with Gasteiger partial charge in [0.15, 0.2) is 0 Å². The highest BCUT2D eigenvalue weighted by Gasteiger charge is 2.43. The lowest BCUT2D eigenvalue weighted by atomic mass is 9.34. The molecule has 0 spiro atoms. The fraction of sp³-hybridized carbons (Fsp3) is 0. The third kappa shape index (κ3) is 5.17. The Hall–Kier alpha value is -9.25. The standard InChI is InChI=1S/C66H38B2N2O2/c1-5-13-39(14-6-1)43-21-27-55-51(33-43)67-53-35-45(41-17-9-3-10-18-41)23-29-59(53)71-61-31-25-47-49-37-50-48-26-32-62-64-66(48)70(58(50)38-57(49)69(55)65(47)63(61)67)56-28-22-44(40-15-7-2-8-16-40)34-52(56)68(64)54-36-46(24-30-60(54)72-62)42-19-11-4-12-20-42/h1-38H. The molecule has 11 aromatic carbocycles. The van der Waals surface area contributed by atoms with E-state index in [0.717, 1.165) is 23.0 Å². The van der Waals surface area contributed by atoms with Crippen molar-refractivity contribution in [2.75, 3.05) is 0 Å². The average Bonchev–Trinajstić information content (AvgIpc) is 3.96. The van der Waals surface area contributed by atoms with Crippen molar-refractivity contribution < 1.29 is 9.47 Å². The zero-order valence-corrected chi connectivity index (χ0v) is 38.8. The van der Waals surface area contributed by atoms with Crippen molar-refractivity contribution in [2.24, 2.45) is 0 Å². The van der Waals surface area contributed by atoms with Crippen LogP contribution in [-0.4, -0.2) is 22.6 Å². The Bertz CT molecular complexity index is 4220. The molecule has 0 saturated heterocycles. The minimum atomic E-state index is -0.0410. The highest BCUT2D eigenvalue weighted by atomic mass is 16.5. The minimum absolute atomic E-state index is 0.0410. The van der Waals surface area contributed by atoms with Crippen molar-refractivity contribution in [3.05, 3.63) is 231 Å². The van der Waals surface area contributed by atoms with Crippen LogP contribution in [0.1, 0.15) is 0 Å². The quantitative estimate of drug-likeness (QED) is 0.165. The molecule has 330 valence electrons. The fourth-order valence-corrected chi connectivity index (χ4v) is 13.1. The lowest BCUT2D eigenvalue weighted by Gasteiger charge is -2.33. The molecule has 4 aliphatic heterocycles. The Morgan fingerprint density at radius 3 is 1.00 bits per heavy atom. The second kappa shape index (κ2) is 14.2. The maximum atomic E-state index is 6.99. The van der Waals surface area contributed by atoms with E-state index in [-0.39, 0.29) is 13.4 Å². The van der Waals surface area contributed by atoms with Crippen LogP contribution in [0.25, 0.3) is 99.5 Å². The van der Waals surface area contributed by atoms with E-state index in [1.807, 2.05) is 0 Å². The first kappa shape index (κ1) is 38.6. The Morgan fingerprint density at radius 1 is 0.264 bits per heavy atom. The van der Waals surface area contributed by atoms with E-state index in [0.29, 0.717) is 0 Å². The molecule has 0 fully saturated rings. The molecule has 2 aromatic heterocycles. The number of benzene rings is 11. The molecule has 72 heavy (non-hydrogen) atoms. The van der Waals surface area contributed by atoms with Gasteiger partial charge < -0.3 is 18.6 Å². The summed E-state index contributed by atoms with van der Waals surface area (Å²) in [4.78, 5) is 0. The second-order valence-corrected chi connectivity index (χ2v) is 19.9. The van der Waals surface area contributed by atoms with E-state index in [1.54, 1.807) is 0 Å². The predicted octanol–water partition coefficient (Wildman–Crippen LogP) is 12.4. The zero-order chi connectivity index (χ0) is 46.8. The van der Waals surface area contributed by atoms with Gasteiger partial charge >= 0.3 is 0 Å². The molecule has 0 aliphatic carbocycles. The number of hydrogen-bond acceptors (Lipinski definition) is 2. The van der Waals surface area contributed by atoms with Crippen molar-refractivity contribution in [2.45, 2.75) is 0 Å². The van der Waals surface area contributed by atoms with Gasteiger partial charge in [-0.05, 0) is 138 Å². The maximum Gasteiger partial charge on any atom is 0.256 e. The van der Waals surface area contributed by atoms with Gasteiger partial charge in [0.05, 0.1) is 22.1 Å². The van der Waals surface area contributed by atoms with Crippen molar-refractivity contribution in [1.82, 2.24) is 9.13 Å². The van der Waals surface area contributed by atoms with Gasteiger partial charge in [-0.2, -0.15) is 0 Å². The Balaban J connectivity index is 0.956. The first-order valence-corrected chi connectivity index (χ1v) is 25.0. The van der Waals surface area contributed by atoms with Gasteiger partial charge in [-0.1, -0.05) is 170 Å². The molecule has 6 heteroatoms. The molecule has 17 rings (SSSR count). The Labute approximate surface area is 415 Å². The SMILES string of the molecule is c1ccc(-c2ccc3c(c2)B2c4cc(-c5ccccc5)ccc4-n4c5cc6c(cc5c5ccc(c2c54)O3)c2ccc3c4c2n6-c2ccc(-c5ccccc5)cc2B4c2cc(-c4ccccc4)ccc2O3)cc1. The highest BCUT2D eigenvalue weighted by molar-refractivity contribution is 7.00. The number of hydrogen-bond donors (Lipinski definition) is 0. The minimum Gasteiger partial charge on any atom is -0.458 e. The van der Waals surface area contributed by atoms with E-state index in [9.17, 15) is 0 Å². The third-order valence-electron chi connectivity index (χ3n) is 16.2. The molecule has 0 atom stereocenters. The molecule has 0 amide bonds. The van der Waals surface area contributed by atoms with Gasteiger partial charge in [-0.3, -0.25) is 0 Å². The van der Waals surface area contributed by atoms with Crippen LogP contribution in [0, 0.1) is 0 Å². The van der Waals surface area contributed by atoms with Gasteiger partial charge in [-0.15, -0.1) is 0 Å². The Morgan fingerprint density at radius 2 is 0.611 bits per heavy atom. The van der Waals surface area contributed by atoms with Crippen LogP contribution < -0.4 is 42.3 Å². The first-order chi connectivity index (χ1) is 35.7. The predicted molar refractivity (Wildman–Crippen MR) is 299 cm³/mol. The third-order valence-corrected chi connectivity index (χ3v) is 16.2. The lowest BCUT2D eigenvalue weighted by molar-refractivity contribution is 0.487. The Kier molecular flexibility index (Phi) is 7.60. The summed E-state index contributed by atoms with van der Waals surface area (Å²) in [5.74, 6) is 3.65. The number of ether oxygens (including phenoxy) is 2. The average molecular weight is 913 g/mol. The molecule has 4 aliphatic rings. The van der Waals surface area contributed by atoms with E-state index < -0.39 is 0 Å². The summed E-state index contributed by atoms with van der Waals surface area (Å²) in [7, 11) is 0. The second-order valence-electron chi connectivity index (χ2n) is 19.9. The molecular formula is C66H38B2N2O2. The van der Waals surface area contributed by atoms with Crippen LogP contribution in [0.4, 0.5) is 0 Å². The van der Waals surface area contributed by atoms with Crippen LogP contribution in [0.15, 0.2) is 231 Å². The molecule has 6 heterocycles. The van der Waals surface area contributed by atoms with Gasteiger partial charge in [0.1, 0.15) is 23.0 Å². The number of rotatable bonds is 4. The zero-order valence-electron chi connectivity index (χ0n) is 38.8. The number of aromatic nitrogens is 2. The lowest BCUT2D eigenvalue weighted by Crippen LogP contribution is -2.58. The molecule has 0 bridgehead atoms. The molecule has 13 aromatic rings. The van der Waals surface area contributed by atoms with E-state index in [1.165, 1.54) is 132 Å². The topological polar surface area (TPSA) is 28.3 Å². The molecular weight excluding hydrogens is 874 g/mol. The maximum absolute atomic E-state index is 6.99. The van der Waals surface area contributed by atoms with Crippen LogP contribution in [-0.2, 0) is 0 Å². The molecule has 0 saturated carbocycles. The van der Waals surface area contributed by atoms with Crippen LogP contribution >= 0.6 is 0 Å². The van der Waals surface area contributed by atoms with Crippen molar-refractivity contribution in [3.8, 4) is 78.9 Å². The number of fused-ring (bicyclic) bond motifs is 16. The summed E-state index contributed by atoms with van der Waals surface area (Å²) in [6, 6.07) is 84.7. The van der Waals surface area contributed by atoms with E-state index in [2.05, 4.69) is 240 Å². The molecule has 0 radical (unpaired) electrons. The normalized spacial score (nSPS) is 13.2. The molecule has 0 N–H and O–H groups in total. The monoisotopic (exact) mass is 912 g/mol. The van der Waals surface area contributed by atoms with Crippen molar-refractivity contribution in [1.29, 1.82) is 0 Å². The van der Waals surface area contributed by atoms with Gasteiger partial charge in [0, 0.05) is 32.9 Å². The largest absolute Gasteiger partial charge is 0.458 e.